The molecule has 0 spiro atoms. The molecule has 0 aromatic heterocycles. The largest absolute Gasteiger partial charge is 0.494 e. The number of rotatable bonds is 8. The first-order valence-corrected chi connectivity index (χ1v) is 7.62. The maximum absolute atomic E-state index is 6.00. The summed E-state index contributed by atoms with van der Waals surface area (Å²) in [5, 5.41) is 0. The van der Waals surface area contributed by atoms with E-state index in [2.05, 4.69) is 51.8 Å². The van der Waals surface area contributed by atoms with Gasteiger partial charge in [0, 0.05) is 18.1 Å². The molecule has 0 heterocycles. The van der Waals surface area contributed by atoms with Crippen molar-refractivity contribution in [3.05, 3.63) is 29.8 Å². The predicted octanol–water partition coefficient (Wildman–Crippen LogP) is 3.60. The van der Waals surface area contributed by atoms with E-state index in [0.717, 1.165) is 25.2 Å². The minimum Gasteiger partial charge on any atom is -0.494 e. The molecule has 0 bridgehead atoms. The molecule has 0 aliphatic rings. The third kappa shape index (κ3) is 4.22. The topological polar surface area (TPSA) is 38.5 Å². The summed E-state index contributed by atoms with van der Waals surface area (Å²) in [6.07, 6.45) is 2.12. The Bertz CT molecular complexity index is 386. The second-order valence-electron chi connectivity index (χ2n) is 5.95. The Morgan fingerprint density at radius 3 is 2.25 bits per heavy atom. The average molecular weight is 278 g/mol. The molecule has 1 rings (SSSR count). The number of nitrogens with zero attached hydrogens (tertiary/aromatic N) is 1. The molecule has 1 aromatic rings. The van der Waals surface area contributed by atoms with Crippen LogP contribution in [0.4, 0.5) is 0 Å². The van der Waals surface area contributed by atoms with Gasteiger partial charge in [0.05, 0.1) is 6.61 Å². The van der Waals surface area contributed by atoms with Gasteiger partial charge in [0.2, 0.25) is 0 Å². The van der Waals surface area contributed by atoms with Crippen LogP contribution in [0.5, 0.6) is 5.75 Å². The lowest BCUT2D eigenvalue weighted by molar-refractivity contribution is 0.100. The predicted molar refractivity (Wildman–Crippen MR) is 86.2 cm³/mol. The molecule has 0 fully saturated rings. The zero-order valence-electron chi connectivity index (χ0n) is 13.6. The van der Waals surface area contributed by atoms with Gasteiger partial charge in [0.1, 0.15) is 5.75 Å². The zero-order chi connectivity index (χ0) is 15.2. The summed E-state index contributed by atoms with van der Waals surface area (Å²) in [6, 6.07) is 8.58. The number of hydrogen-bond donors (Lipinski definition) is 1. The van der Waals surface area contributed by atoms with Crippen molar-refractivity contribution >= 4 is 0 Å². The lowest BCUT2D eigenvalue weighted by Gasteiger charge is -2.40. The van der Waals surface area contributed by atoms with Crippen LogP contribution < -0.4 is 10.5 Å². The van der Waals surface area contributed by atoms with Crippen molar-refractivity contribution < 1.29 is 4.74 Å². The monoisotopic (exact) mass is 278 g/mol. The molecule has 3 heteroatoms. The van der Waals surface area contributed by atoms with Crippen LogP contribution >= 0.6 is 0 Å². The van der Waals surface area contributed by atoms with Crippen molar-refractivity contribution in [2.45, 2.75) is 52.1 Å². The Balaban J connectivity index is 2.85. The quantitative estimate of drug-likeness (QED) is 0.789. The first-order valence-electron chi connectivity index (χ1n) is 7.62. The van der Waals surface area contributed by atoms with Crippen molar-refractivity contribution in [3.8, 4) is 5.75 Å². The second kappa shape index (κ2) is 7.65. The molecule has 114 valence electrons. The van der Waals surface area contributed by atoms with Gasteiger partial charge in [0.25, 0.3) is 0 Å². The van der Waals surface area contributed by atoms with E-state index in [1.54, 1.807) is 0 Å². The standard InChI is InChI=1S/C17H30N2O/c1-6-12-20-15-10-8-14(9-11-15)16(13-18)19(5)17(3,4)7-2/h8-11,16H,6-7,12-13,18H2,1-5H3. The molecule has 0 aliphatic carbocycles. The van der Waals surface area contributed by atoms with Crippen LogP contribution in [0.25, 0.3) is 0 Å². The second-order valence-corrected chi connectivity index (χ2v) is 5.95. The van der Waals surface area contributed by atoms with E-state index in [-0.39, 0.29) is 11.6 Å². The Hall–Kier alpha value is -1.06. The maximum atomic E-state index is 6.00. The summed E-state index contributed by atoms with van der Waals surface area (Å²) in [7, 11) is 2.16. The van der Waals surface area contributed by atoms with E-state index < -0.39 is 0 Å². The smallest absolute Gasteiger partial charge is 0.119 e. The van der Waals surface area contributed by atoms with E-state index in [4.69, 9.17) is 10.5 Å². The summed E-state index contributed by atoms with van der Waals surface area (Å²) >= 11 is 0. The van der Waals surface area contributed by atoms with Gasteiger partial charge in [-0.05, 0) is 51.4 Å². The number of ether oxygens (including phenoxy) is 1. The normalized spacial score (nSPS) is 13.6. The fourth-order valence-electron chi connectivity index (χ4n) is 2.20. The SMILES string of the molecule is CCCOc1ccc(C(CN)N(C)C(C)(C)CC)cc1. The highest BCUT2D eigenvalue weighted by molar-refractivity contribution is 5.29. The average Bonchev–Trinajstić information content (AvgIpc) is 2.47. The van der Waals surface area contributed by atoms with Crippen molar-refractivity contribution in [2.24, 2.45) is 5.73 Å². The third-order valence-electron chi connectivity index (χ3n) is 4.25. The molecule has 0 saturated heterocycles. The fraction of sp³-hybridized carbons (Fsp3) is 0.647. The Kier molecular flexibility index (Phi) is 6.50. The third-order valence-corrected chi connectivity index (χ3v) is 4.25. The Morgan fingerprint density at radius 2 is 1.80 bits per heavy atom. The highest BCUT2D eigenvalue weighted by Gasteiger charge is 2.28. The summed E-state index contributed by atoms with van der Waals surface area (Å²) in [6.45, 7) is 10.2. The fourth-order valence-corrected chi connectivity index (χ4v) is 2.20. The van der Waals surface area contributed by atoms with Crippen molar-refractivity contribution in [2.75, 3.05) is 20.2 Å². The van der Waals surface area contributed by atoms with E-state index in [0.29, 0.717) is 6.54 Å². The Labute approximate surface area is 124 Å². The lowest BCUT2D eigenvalue weighted by Crippen LogP contribution is -2.45. The molecule has 0 radical (unpaired) electrons. The number of benzene rings is 1. The first-order chi connectivity index (χ1) is 9.46. The molecule has 0 aliphatic heterocycles. The first kappa shape index (κ1) is 17.0. The number of likely N-dealkylation sites (N-methyl/N-ethyl adjacent to an activating group) is 1. The number of hydrogen-bond acceptors (Lipinski definition) is 3. The van der Waals surface area contributed by atoms with Crippen LogP contribution in [-0.2, 0) is 0 Å². The summed E-state index contributed by atoms with van der Waals surface area (Å²) < 4.78 is 5.63. The highest BCUT2D eigenvalue weighted by atomic mass is 16.5. The maximum Gasteiger partial charge on any atom is 0.119 e. The van der Waals surface area contributed by atoms with Gasteiger partial charge < -0.3 is 10.5 Å². The van der Waals surface area contributed by atoms with E-state index >= 15 is 0 Å². The van der Waals surface area contributed by atoms with Crippen LogP contribution in [0.1, 0.15) is 52.1 Å². The van der Waals surface area contributed by atoms with Gasteiger partial charge in [-0.25, -0.2) is 0 Å². The van der Waals surface area contributed by atoms with Gasteiger partial charge >= 0.3 is 0 Å². The molecular formula is C17H30N2O. The summed E-state index contributed by atoms with van der Waals surface area (Å²) in [4.78, 5) is 2.37. The molecule has 0 saturated carbocycles. The van der Waals surface area contributed by atoms with E-state index in [1.807, 2.05) is 12.1 Å². The molecule has 0 amide bonds. The van der Waals surface area contributed by atoms with Crippen LogP contribution in [0.15, 0.2) is 24.3 Å². The van der Waals surface area contributed by atoms with E-state index in [9.17, 15) is 0 Å². The van der Waals surface area contributed by atoms with Crippen molar-refractivity contribution in [3.63, 3.8) is 0 Å². The molecule has 1 aromatic carbocycles. The minimum absolute atomic E-state index is 0.140. The summed E-state index contributed by atoms with van der Waals surface area (Å²) in [5.41, 5.74) is 7.39. The molecule has 1 atom stereocenters. The van der Waals surface area contributed by atoms with Crippen molar-refractivity contribution in [1.29, 1.82) is 0 Å². The minimum atomic E-state index is 0.140. The molecular weight excluding hydrogens is 248 g/mol. The van der Waals surface area contributed by atoms with Crippen molar-refractivity contribution in [1.82, 2.24) is 4.90 Å². The molecule has 1 unspecified atom stereocenters. The van der Waals surface area contributed by atoms with Crippen LogP contribution in [0, 0.1) is 0 Å². The summed E-state index contributed by atoms with van der Waals surface area (Å²) in [5.74, 6) is 0.934. The lowest BCUT2D eigenvalue weighted by atomic mass is 9.95. The van der Waals surface area contributed by atoms with Gasteiger partial charge in [-0.1, -0.05) is 26.0 Å². The van der Waals surface area contributed by atoms with Crippen LogP contribution in [0.2, 0.25) is 0 Å². The molecule has 3 nitrogen and oxygen atoms in total. The van der Waals surface area contributed by atoms with Gasteiger partial charge in [-0.15, -0.1) is 0 Å². The van der Waals surface area contributed by atoms with Gasteiger partial charge in [0.15, 0.2) is 0 Å². The number of nitrogens with two attached hydrogens (primary N) is 1. The van der Waals surface area contributed by atoms with Crippen LogP contribution in [0.3, 0.4) is 0 Å². The molecule has 2 N–H and O–H groups in total. The highest BCUT2D eigenvalue weighted by Crippen LogP contribution is 2.29. The van der Waals surface area contributed by atoms with Gasteiger partial charge in [-0.2, -0.15) is 0 Å². The molecule has 20 heavy (non-hydrogen) atoms. The zero-order valence-corrected chi connectivity index (χ0v) is 13.6. The van der Waals surface area contributed by atoms with Crippen LogP contribution in [-0.4, -0.2) is 30.6 Å². The van der Waals surface area contributed by atoms with E-state index in [1.165, 1.54) is 5.56 Å². The Morgan fingerprint density at radius 1 is 1.20 bits per heavy atom. The van der Waals surface area contributed by atoms with Gasteiger partial charge in [-0.3, -0.25) is 4.90 Å².